The second-order valence-corrected chi connectivity index (χ2v) is 12.2. The number of rotatable bonds is 12. The van der Waals surface area contributed by atoms with Gasteiger partial charge >= 0.3 is 6.61 Å². The number of likely N-dealkylation sites (tertiary alicyclic amines) is 1. The summed E-state index contributed by atoms with van der Waals surface area (Å²) in [6.45, 7) is 1.21. The molecule has 12 nitrogen and oxygen atoms in total. The fraction of sp³-hybridized carbons (Fsp3) is 0.324. The Balaban J connectivity index is 1.14. The fourth-order valence-electron chi connectivity index (χ4n) is 5.77. The maximum Gasteiger partial charge on any atom is 0.387 e. The minimum atomic E-state index is -3.12. The standard InChI is InChI=1S/C34H35ClF2N8O4/c1-22-4-7-25(8-5-22)48-17-16-42(2)24-10-14-43(15-11-24)30(46)21-44-20-28(40-33(47)27-19-39-45-13-3-12-38-32(27)45)31(41-44)26-18-23(35)6-9-29(26)49-34(36)37/h3-9,12-13,18-20,24,34H,10-11,14-17,21H2,1-2H3,(H,40,47). The van der Waals surface area contributed by atoms with E-state index in [1.165, 1.54) is 51.6 Å². The van der Waals surface area contributed by atoms with Crippen LogP contribution < -0.4 is 14.8 Å². The van der Waals surface area contributed by atoms with Gasteiger partial charge in [-0.25, -0.2) is 9.50 Å². The minimum Gasteiger partial charge on any atom is -0.492 e. The monoisotopic (exact) mass is 692 g/mol. The maximum atomic E-state index is 13.5. The number of carbonyl (C=O) groups excluding carboxylic acids is 2. The number of nitrogens with zero attached hydrogens (tertiary/aromatic N) is 7. The number of aromatic nitrogens is 5. The Hall–Kier alpha value is -5.08. The minimum absolute atomic E-state index is 0.0944. The summed E-state index contributed by atoms with van der Waals surface area (Å²) in [6.07, 6.45) is 7.62. The van der Waals surface area contributed by atoms with Gasteiger partial charge in [0.25, 0.3) is 5.91 Å². The Morgan fingerprint density at radius 2 is 1.92 bits per heavy atom. The molecule has 5 aromatic rings. The van der Waals surface area contributed by atoms with Crippen molar-refractivity contribution in [3.63, 3.8) is 0 Å². The first-order valence-corrected chi connectivity index (χ1v) is 16.1. The Morgan fingerprint density at radius 1 is 1.14 bits per heavy atom. The molecule has 0 saturated carbocycles. The molecule has 256 valence electrons. The van der Waals surface area contributed by atoms with Gasteiger partial charge in [0, 0.05) is 54.9 Å². The summed E-state index contributed by atoms with van der Waals surface area (Å²) >= 11 is 6.24. The Kier molecular flexibility index (Phi) is 10.3. The number of halogens is 3. The summed E-state index contributed by atoms with van der Waals surface area (Å²) in [7, 11) is 2.06. The molecule has 0 bridgehead atoms. The summed E-state index contributed by atoms with van der Waals surface area (Å²) in [5.74, 6) is -0.0866. The molecular weight excluding hydrogens is 658 g/mol. The van der Waals surface area contributed by atoms with E-state index < -0.39 is 12.5 Å². The van der Waals surface area contributed by atoms with Crippen LogP contribution in [0.3, 0.4) is 0 Å². The maximum absolute atomic E-state index is 13.5. The number of benzene rings is 2. The molecule has 1 fully saturated rings. The van der Waals surface area contributed by atoms with E-state index >= 15 is 0 Å². The fourth-order valence-corrected chi connectivity index (χ4v) is 5.95. The zero-order valence-electron chi connectivity index (χ0n) is 26.9. The van der Waals surface area contributed by atoms with Crippen LogP contribution in [0.4, 0.5) is 14.5 Å². The highest BCUT2D eigenvalue weighted by Gasteiger charge is 2.27. The molecule has 6 rings (SSSR count). The van der Waals surface area contributed by atoms with Crippen LogP contribution in [-0.4, -0.2) is 91.9 Å². The quantitative estimate of drug-likeness (QED) is 0.185. The van der Waals surface area contributed by atoms with Crippen molar-refractivity contribution in [1.82, 2.24) is 34.2 Å². The molecule has 1 N–H and O–H groups in total. The van der Waals surface area contributed by atoms with Gasteiger partial charge in [0.2, 0.25) is 5.91 Å². The van der Waals surface area contributed by atoms with Crippen molar-refractivity contribution in [2.45, 2.75) is 39.0 Å². The Labute approximate surface area is 286 Å². The second kappa shape index (κ2) is 15.0. The molecule has 4 heterocycles. The number of likely N-dealkylation sites (N-methyl/N-ethyl adjacent to an activating group) is 1. The highest BCUT2D eigenvalue weighted by atomic mass is 35.5. The molecule has 49 heavy (non-hydrogen) atoms. The van der Waals surface area contributed by atoms with Crippen molar-refractivity contribution in [2.75, 3.05) is 38.6 Å². The molecule has 0 aliphatic carbocycles. The average Bonchev–Trinajstić information content (AvgIpc) is 3.70. The SMILES string of the molecule is Cc1ccc(OCCN(C)C2CCN(C(=O)Cn3cc(NC(=O)c4cnn5cccnc45)c(-c4cc(Cl)ccc4OC(F)F)n3)CC2)cc1. The summed E-state index contributed by atoms with van der Waals surface area (Å²) < 4.78 is 40.1. The van der Waals surface area contributed by atoms with Crippen LogP contribution in [0.5, 0.6) is 11.5 Å². The lowest BCUT2D eigenvalue weighted by molar-refractivity contribution is -0.133. The Bertz CT molecular complexity index is 1930. The van der Waals surface area contributed by atoms with Gasteiger partial charge in [-0.3, -0.25) is 19.2 Å². The lowest BCUT2D eigenvalue weighted by Crippen LogP contribution is -2.47. The van der Waals surface area contributed by atoms with Crippen molar-refractivity contribution >= 4 is 34.7 Å². The van der Waals surface area contributed by atoms with Crippen LogP contribution in [0, 0.1) is 6.92 Å². The molecule has 1 saturated heterocycles. The van der Waals surface area contributed by atoms with Crippen molar-refractivity contribution in [1.29, 1.82) is 0 Å². The molecule has 3 aromatic heterocycles. The summed E-state index contributed by atoms with van der Waals surface area (Å²) in [5, 5.41) is 11.7. The van der Waals surface area contributed by atoms with Crippen molar-refractivity contribution in [2.24, 2.45) is 0 Å². The third-order valence-corrected chi connectivity index (χ3v) is 8.65. The molecule has 2 aromatic carbocycles. The smallest absolute Gasteiger partial charge is 0.387 e. The highest BCUT2D eigenvalue weighted by molar-refractivity contribution is 6.31. The molecule has 0 atom stereocenters. The van der Waals surface area contributed by atoms with Gasteiger partial charge in [-0.2, -0.15) is 19.0 Å². The van der Waals surface area contributed by atoms with Crippen LogP contribution in [0.1, 0.15) is 28.8 Å². The number of carbonyl (C=O) groups is 2. The van der Waals surface area contributed by atoms with Crippen LogP contribution in [0.15, 0.2) is 73.3 Å². The summed E-state index contributed by atoms with van der Waals surface area (Å²) in [6, 6.07) is 14.0. The van der Waals surface area contributed by atoms with Gasteiger partial charge in [-0.05, 0) is 63.2 Å². The van der Waals surface area contributed by atoms with Gasteiger partial charge in [-0.15, -0.1) is 0 Å². The van der Waals surface area contributed by atoms with Crippen LogP contribution in [0.2, 0.25) is 5.02 Å². The molecule has 0 spiro atoms. The number of fused-ring (bicyclic) bond motifs is 1. The number of anilines is 1. The van der Waals surface area contributed by atoms with Gasteiger partial charge in [-0.1, -0.05) is 29.3 Å². The molecule has 1 aliphatic rings. The zero-order valence-corrected chi connectivity index (χ0v) is 27.7. The number of amides is 2. The number of nitrogens with one attached hydrogen (secondary N) is 1. The van der Waals surface area contributed by atoms with E-state index in [4.69, 9.17) is 21.1 Å². The van der Waals surface area contributed by atoms with Gasteiger partial charge in [0.1, 0.15) is 35.9 Å². The van der Waals surface area contributed by atoms with E-state index in [0.29, 0.717) is 31.4 Å². The first-order chi connectivity index (χ1) is 23.6. The predicted octanol–water partition coefficient (Wildman–Crippen LogP) is 5.41. The summed E-state index contributed by atoms with van der Waals surface area (Å²) in [5.41, 5.74) is 2.04. The molecule has 15 heteroatoms. The van der Waals surface area contributed by atoms with Gasteiger partial charge in [0.15, 0.2) is 5.65 Å². The number of hydrogen-bond acceptors (Lipinski definition) is 8. The highest BCUT2D eigenvalue weighted by Crippen LogP contribution is 2.37. The lowest BCUT2D eigenvalue weighted by Gasteiger charge is -2.36. The first kappa shape index (κ1) is 33.8. The number of aryl methyl sites for hydroxylation is 1. The van der Waals surface area contributed by atoms with Crippen LogP contribution in [0.25, 0.3) is 16.9 Å². The van der Waals surface area contributed by atoms with E-state index in [-0.39, 0.29) is 45.7 Å². The van der Waals surface area contributed by atoms with Gasteiger partial charge in [0.05, 0.1) is 11.9 Å². The van der Waals surface area contributed by atoms with E-state index in [2.05, 4.69) is 32.4 Å². The molecule has 1 aliphatic heterocycles. The number of hydrogen-bond donors (Lipinski definition) is 1. The largest absolute Gasteiger partial charge is 0.492 e. The predicted molar refractivity (Wildman–Crippen MR) is 179 cm³/mol. The first-order valence-electron chi connectivity index (χ1n) is 15.7. The normalized spacial score (nSPS) is 13.7. The number of ether oxygens (including phenoxy) is 2. The van der Waals surface area contributed by atoms with Crippen molar-refractivity contribution < 1.29 is 27.8 Å². The number of piperidine rings is 1. The third kappa shape index (κ3) is 8.15. The van der Waals surface area contributed by atoms with E-state index in [1.54, 1.807) is 17.2 Å². The van der Waals surface area contributed by atoms with Crippen LogP contribution in [-0.2, 0) is 11.3 Å². The zero-order chi connectivity index (χ0) is 34.5. The van der Waals surface area contributed by atoms with E-state index in [0.717, 1.165) is 25.1 Å². The topological polar surface area (TPSA) is 119 Å². The second-order valence-electron chi connectivity index (χ2n) is 11.8. The van der Waals surface area contributed by atoms with E-state index in [9.17, 15) is 18.4 Å². The van der Waals surface area contributed by atoms with Crippen molar-refractivity contribution in [3.8, 4) is 22.8 Å². The molecule has 2 amide bonds. The molecular formula is C34H35ClF2N8O4. The third-order valence-electron chi connectivity index (χ3n) is 8.42. The van der Waals surface area contributed by atoms with Gasteiger partial charge < -0.3 is 19.7 Å². The van der Waals surface area contributed by atoms with Crippen molar-refractivity contribution in [3.05, 3.63) is 89.5 Å². The summed E-state index contributed by atoms with van der Waals surface area (Å²) in [4.78, 5) is 35.1. The lowest BCUT2D eigenvalue weighted by atomic mass is 10.0. The number of alkyl halides is 2. The van der Waals surface area contributed by atoms with E-state index in [1.807, 2.05) is 31.2 Å². The Morgan fingerprint density at radius 3 is 2.67 bits per heavy atom. The molecule has 0 radical (unpaired) electrons. The van der Waals surface area contributed by atoms with Crippen LogP contribution >= 0.6 is 11.6 Å². The molecule has 0 unspecified atom stereocenters. The average molecular weight is 693 g/mol.